The summed E-state index contributed by atoms with van der Waals surface area (Å²) in [4.78, 5) is 0. The Morgan fingerprint density at radius 3 is 1.21 bits per heavy atom. The van der Waals surface area contributed by atoms with Crippen LogP contribution < -0.4 is 9.47 Å². The molecule has 42 heavy (non-hydrogen) atoms. The van der Waals surface area contributed by atoms with Gasteiger partial charge in [-0.25, -0.2) is 0 Å². The van der Waals surface area contributed by atoms with Crippen LogP contribution in [0.15, 0.2) is 48.5 Å². The number of phenolic OH excluding ortho intramolecular Hbond substituents is 8. The highest BCUT2D eigenvalue weighted by atomic mass is 16.5. The highest BCUT2D eigenvalue weighted by molar-refractivity contribution is 5.82. The molecule has 4 aromatic carbocycles. The van der Waals surface area contributed by atoms with Crippen LogP contribution in [0.25, 0.3) is 11.1 Å². The Hall–Kier alpha value is -5.20. The number of phenols is 8. The fourth-order valence-corrected chi connectivity index (χ4v) is 5.55. The van der Waals surface area contributed by atoms with Crippen molar-refractivity contribution >= 4 is 0 Å². The van der Waals surface area contributed by atoms with Crippen LogP contribution in [0.3, 0.4) is 0 Å². The van der Waals surface area contributed by atoms with Crippen LogP contribution >= 0.6 is 0 Å². The highest BCUT2D eigenvalue weighted by Crippen LogP contribution is 2.54. The third kappa shape index (κ3) is 4.24. The molecule has 4 atom stereocenters. The molecular formula is C30H26O12. The number of benzene rings is 4. The van der Waals surface area contributed by atoms with Crippen LogP contribution in [0.2, 0.25) is 0 Å². The van der Waals surface area contributed by atoms with Crippen LogP contribution in [-0.2, 0) is 12.8 Å². The minimum atomic E-state index is -1.22. The first-order valence-corrected chi connectivity index (χ1v) is 12.8. The number of rotatable bonds is 3. The van der Waals surface area contributed by atoms with E-state index in [1.807, 2.05) is 0 Å². The Bertz CT molecular complexity index is 1610. The Morgan fingerprint density at radius 1 is 0.476 bits per heavy atom. The van der Waals surface area contributed by atoms with Crippen molar-refractivity contribution in [3.05, 3.63) is 70.8 Å². The van der Waals surface area contributed by atoms with Gasteiger partial charge in [-0.3, -0.25) is 0 Å². The number of ether oxygens (including phenoxy) is 2. The molecule has 4 aromatic rings. The lowest BCUT2D eigenvalue weighted by molar-refractivity contribution is 0.0181. The molecule has 0 aromatic heterocycles. The number of hydrogen-bond acceptors (Lipinski definition) is 12. The van der Waals surface area contributed by atoms with Crippen molar-refractivity contribution in [3.63, 3.8) is 0 Å². The van der Waals surface area contributed by atoms with Gasteiger partial charge in [-0.15, -0.1) is 0 Å². The zero-order valence-corrected chi connectivity index (χ0v) is 21.6. The van der Waals surface area contributed by atoms with E-state index < -0.39 is 58.9 Å². The summed E-state index contributed by atoms with van der Waals surface area (Å²) in [6.07, 6.45) is -4.89. The Kier molecular flexibility index (Phi) is 6.24. The normalized spacial score (nSPS) is 21.1. The Morgan fingerprint density at radius 2 is 0.857 bits per heavy atom. The van der Waals surface area contributed by atoms with Crippen LogP contribution in [0.1, 0.15) is 34.5 Å². The molecule has 0 aliphatic carbocycles. The number of aliphatic hydroxyl groups is 2. The average molecular weight is 579 g/mol. The molecule has 10 N–H and O–H groups in total. The van der Waals surface area contributed by atoms with Crippen molar-refractivity contribution in [2.45, 2.75) is 37.3 Å². The molecule has 0 saturated heterocycles. The SMILES string of the molecule is Oc1ccc([C@H]2Oc3c(O)c(O)cc(-c4cc(O)c(O)c5c4C[C@H](O)[C@@H](c4ccc(O)c(O)c4)O5)c3C[C@@H]2O)cc1O. The molecule has 0 amide bonds. The third-order valence-electron chi connectivity index (χ3n) is 7.64. The van der Waals surface area contributed by atoms with Gasteiger partial charge in [0.25, 0.3) is 0 Å². The molecule has 0 saturated carbocycles. The molecule has 0 bridgehead atoms. The Balaban J connectivity index is 1.46. The lowest BCUT2D eigenvalue weighted by atomic mass is 9.84. The van der Waals surface area contributed by atoms with E-state index in [-0.39, 0.29) is 69.2 Å². The van der Waals surface area contributed by atoms with Crippen molar-refractivity contribution in [2.75, 3.05) is 0 Å². The summed E-state index contributed by atoms with van der Waals surface area (Å²) in [7, 11) is 0. The van der Waals surface area contributed by atoms with Gasteiger partial charge in [0, 0.05) is 24.0 Å². The first-order chi connectivity index (χ1) is 19.9. The summed E-state index contributed by atoms with van der Waals surface area (Å²) in [5.41, 5.74) is 1.46. The van der Waals surface area contributed by atoms with Gasteiger partial charge in [0.15, 0.2) is 58.2 Å². The van der Waals surface area contributed by atoms with Crippen LogP contribution in [0, 0.1) is 0 Å². The van der Waals surface area contributed by atoms with E-state index in [2.05, 4.69) is 0 Å². The van der Waals surface area contributed by atoms with Gasteiger partial charge in [-0.05, 0) is 58.7 Å². The lowest BCUT2D eigenvalue weighted by Crippen LogP contribution is -2.31. The van der Waals surface area contributed by atoms with Gasteiger partial charge in [0.05, 0.1) is 12.2 Å². The van der Waals surface area contributed by atoms with E-state index >= 15 is 0 Å². The summed E-state index contributed by atoms with van der Waals surface area (Å²) < 4.78 is 11.8. The fourth-order valence-electron chi connectivity index (χ4n) is 5.55. The van der Waals surface area contributed by atoms with Gasteiger partial charge in [-0.1, -0.05) is 12.1 Å². The van der Waals surface area contributed by atoms with Crippen molar-refractivity contribution < 1.29 is 60.5 Å². The van der Waals surface area contributed by atoms with Crippen molar-refractivity contribution in [2.24, 2.45) is 0 Å². The fraction of sp³-hybridized carbons (Fsp3) is 0.200. The molecule has 6 rings (SSSR count). The number of aromatic hydroxyl groups is 8. The van der Waals surface area contributed by atoms with Crippen molar-refractivity contribution in [1.29, 1.82) is 0 Å². The molecule has 2 aliphatic heterocycles. The topological polar surface area (TPSA) is 221 Å². The summed E-state index contributed by atoms with van der Waals surface area (Å²) in [5, 5.41) is 104. The first-order valence-electron chi connectivity index (χ1n) is 12.8. The minimum absolute atomic E-state index is 0.125. The summed E-state index contributed by atoms with van der Waals surface area (Å²) in [6, 6.07) is 10.1. The van der Waals surface area contributed by atoms with Gasteiger partial charge in [-0.2, -0.15) is 0 Å². The highest BCUT2D eigenvalue weighted by Gasteiger charge is 2.38. The van der Waals surface area contributed by atoms with Gasteiger partial charge in [0.2, 0.25) is 11.5 Å². The molecule has 0 radical (unpaired) electrons. The van der Waals surface area contributed by atoms with E-state index in [0.717, 1.165) is 0 Å². The Labute approximate surface area is 237 Å². The molecular weight excluding hydrogens is 552 g/mol. The second-order valence-corrected chi connectivity index (χ2v) is 10.3. The quantitative estimate of drug-likeness (QED) is 0.159. The molecule has 12 nitrogen and oxygen atoms in total. The van der Waals surface area contributed by atoms with Crippen LogP contribution in [-0.4, -0.2) is 63.3 Å². The maximum atomic E-state index is 11.0. The summed E-state index contributed by atoms with van der Waals surface area (Å²) in [5.74, 6) is -4.42. The molecule has 218 valence electrons. The number of aliphatic hydroxyl groups excluding tert-OH is 2. The molecule has 0 unspecified atom stereocenters. The van der Waals surface area contributed by atoms with Crippen molar-refractivity contribution in [1.82, 2.24) is 0 Å². The van der Waals surface area contributed by atoms with Gasteiger partial charge in [0.1, 0.15) is 0 Å². The maximum absolute atomic E-state index is 11.0. The zero-order chi connectivity index (χ0) is 30.0. The van der Waals surface area contributed by atoms with E-state index in [9.17, 15) is 51.1 Å². The summed E-state index contributed by atoms with van der Waals surface area (Å²) >= 11 is 0. The second-order valence-electron chi connectivity index (χ2n) is 10.3. The van der Waals surface area contributed by atoms with E-state index in [1.54, 1.807) is 0 Å². The largest absolute Gasteiger partial charge is 0.504 e. The molecule has 12 heteroatoms. The minimum Gasteiger partial charge on any atom is -0.504 e. The average Bonchev–Trinajstić information content (AvgIpc) is 2.95. The van der Waals surface area contributed by atoms with E-state index in [4.69, 9.17) is 9.47 Å². The summed E-state index contributed by atoms with van der Waals surface area (Å²) in [6.45, 7) is 0. The molecule has 0 fully saturated rings. The van der Waals surface area contributed by atoms with Gasteiger partial charge >= 0.3 is 0 Å². The van der Waals surface area contributed by atoms with Gasteiger partial charge < -0.3 is 60.5 Å². The van der Waals surface area contributed by atoms with Crippen LogP contribution in [0.4, 0.5) is 0 Å². The van der Waals surface area contributed by atoms with E-state index in [0.29, 0.717) is 0 Å². The molecule has 2 heterocycles. The standard InChI is InChI=1S/C30H26O12/c31-17-3-1-11(5-19(17)33)27-23(37)9-15-13(7-21(35)25(39)29(15)41-27)14-8-22(36)26(40)30-16(14)10-24(38)28(42-30)12-2-4-18(32)20(34)6-12/h1-8,23-24,27-28,31-40H,9-10H2/t23-,24-,27+,28+/m0/s1. The molecule has 2 aliphatic rings. The third-order valence-corrected chi connectivity index (χ3v) is 7.64. The van der Waals surface area contributed by atoms with E-state index in [1.165, 1.54) is 48.5 Å². The number of fused-ring (bicyclic) bond motifs is 2. The maximum Gasteiger partial charge on any atom is 0.200 e. The number of hydrogen-bond donors (Lipinski definition) is 10. The predicted octanol–water partition coefficient (Wildman–Crippen LogP) is 3.07. The van der Waals surface area contributed by atoms with Crippen LogP contribution in [0.5, 0.6) is 57.5 Å². The van der Waals surface area contributed by atoms with Crippen molar-refractivity contribution in [3.8, 4) is 68.6 Å². The monoisotopic (exact) mass is 578 g/mol. The second kappa shape index (κ2) is 9.72. The first kappa shape index (κ1) is 27.0. The zero-order valence-electron chi connectivity index (χ0n) is 21.6. The predicted molar refractivity (Wildman–Crippen MR) is 144 cm³/mol. The lowest BCUT2D eigenvalue weighted by Gasteiger charge is -2.35. The molecule has 0 spiro atoms. The smallest absolute Gasteiger partial charge is 0.200 e.